The first-order valence-corrected chi connectivity index (χ1v) is 3.84. The van der Waals surface area contributed by atoms with Crippen LogP contribution in [-0.2, 0) is 0 Å². The third-order valence-electron chi connectivity index (χ3n) is 1.57. The van der Waals surface area contributed by atoms with E-state index in [9.17, 15) is 0 Å². The Morgan fingerprint density at radius 1 is 1.42 bits per heavy atom. The van der Waals surface area contributed by atoms with E-state index in [0.29, 0.717) is 0 Å². The van der Waals surface area contributed by atoms with Gasteiger partial charge in [0.2, 0.25) is 0 Å². The molecule has 0 aromatic carbocycles. The zero-order valence-electron chi connectivity index (χ0n) is 7.65. The molecule has 0 aliphatic heterocycles. The second-order valence-corrected chi connectivity index (χ2v) is 2.74. The largest absolute Gasteiger partial charge is 0.366 e. The van der Waals surface area contributed by atoms with Crippen LogP contribution in [0.5, 0.6) is 0 Å². The van der Waals surface area contributed by atoms with E-state index >= 15 is 0 Å². The molecule has 0 spiro atoms. The highest BCUT2D eigenvalue weighted by Gasteiger charge is 1.93. The average molecular weight is 163 g/mol. The van der Waals surface area contributed by atoms with E-state index in [-0.39, 0.29) is 0 Å². The van der Waals surface area contributed by atoms with Crippen LogP contribution in [0.1, 0.15) is 6.92 Å². The number of aromatic nitrogens is 1. The number of nitrogens with zero attached hydrogens (tertiary/aromatic N) is 3. The van der Waals surface area contributed by atoms with E-state index in [0.717, 1.165) is 11.7 Å². The normalized spacial score (nSPS) is 11.4. The molecule has 1 heterocycles. The van der Waals surface area contributed by atoms with E-state index < -0.39 is 0 Å². The molecule has 0 amide bonds. The second-order valence-electron chi connectivity index (χ2n) is 2.74. The smallest absolute Gasteiger partial charge is 0.153 e. The lowest BCUT2D eigenvalue weighted by atomic mass is 10.5. The molecule has 0 atom stereocenters. The van der Waals surface area contributed by atoms with Crippen LogP contribution < -0.4 is 0 Å². The highest BCUT2D eigenvalue weighted by molar-refractivity contribution is 5.81. The van der Waals surface area contributed by atoms with E-state index in [1.54, 1.807) is 6.20 Å². The van der Waals surface area contributed by atoms with Gasteiger partial charge in [0.25, 0.3) is 0 Å². The molecule has 1 aromatic heterocycles. The summed E-state index contributed by atoms with van der Waals surface area (Å²) in [6.45, 7) is 1.95. The van der Waals surface area contributed by atoms with Crippen molar-refractivity contribution in [1.29, 1.82) is 0 Å². The Morgan fingerprint density at radius 2 is 2.17 bits per heavy atom. The van der Waals surface area contributed by atoms with Crippen LogP contribution in [0.4, 0.5) is 5.82 Å². The standard InChI is InChI=1S/C9H13N3/c1-8(12(2)3)11-9-6-4-5-7-10-9/h4-7H,1-3H3. The van der Waals surface area contributed by atoms with Gasteiger partial charge in [-0.3, -0.25) is 0 Å². The van der Waals surface area contributed by atoms with Crippen molar-refractivity contribution in [1.82, 2.24) is 9.88 Å². The van der Waals surface area contributed by atoms with Crippen molar-refractivity contribution in [2.75, 3.05) is 14.1 Å². The maximum absolute atomic E-state index is 4.29. The molecule has 0 saturated heterocycles. The second kappa shape index (κ2) is 3.85. The summed E-state index contributed by atoms with van der Waals surface area (Å²) < 4.78 is 0. The summed E-state index contributed by atoms with van der Waals surface area (Å²) in [6.07, 6.45) is 1.74. The van der Waals surface area contributed by atoms with Crippen molar-refractivity contribution in [2.45, 2.75) is 6.92 Å². The molecule has 0 aliphatic carbocycles. The number of hydrogen-bond acceptors (Lipinski definition) is 2. The predicted octanol–water partition coefficient (Wildman–Crippen LogP) is 1.69. The maximum atomic E-state index is 4.29. The number of aliphatic imine (C=N–C) groups is 1. The molecule has 0 aliphatic rings. The van der Waals surface area contributed by atoms with Crippen LogP contribution in [0, 0.1) is 0 Å². The first-order chi connectivity index (χ1) is 5.70. The van der Waals surface area contributed by atoms with E-state index in [1.807, 2.05) is 44.1 Å². The fourth-order valence-corrected chi connectivity index (χ4v) is 0.686. The van der Waals surface area contributed by atoms with Crippen molar-refractivity contribution in [3.05, 3.63) is 24.4 Å². The molecule has 0 radical (unpaired) electrons. The van der Waals surface area contributed by atoms with Gasteiger partial charge in [0, 0.05) is 20.3 Å². The number of hydrogen-bond donors (Lipinski definition) is 0. The number of pyridine rings is 1. The molecule has 12 heavy (non-hydrogen) atoms. The van der Waals surface area contributed by atoms with Gasteiger partial charge in [0.15, 0.2) is 5.82 Å². The lowest BCUT2D eigenvalue weighted by molar-refractivity contribution is 0.618. The molecule has 1 aromatic rings. The van der Waals surface area contributed by atoms with Gasteiger partial charge in [-0.15, -0.1) is 0 Å². The minimum Gasteiger partial charge on any atom is -0.366 e. The van der Waals surface area contributed by atoms with Crippen molar-refractivity contribution in [2.24, 2.45) is 4.99 Å². The van der Waals surface area contributed by atoms with Crippen molar-refractivity contribution in [3.8, 4) is 0 Å². The number of rotatable bonds is 1. The summed E-state index contributed by atoms with van der Waals surface area (Å²) in [5.74, 6) is 1.71. The molecular weight excluding hydrogens is 150 g/mol. The summed E-state index contributed by atoms with van der Waals surface area (Å²) in [5, 5.41) is 0. The molecule has 0 fully saturated rings. The maximum Gasteiger partial charge on any atom is 0.153 e. The van der Waals surface area contributed by atoms with Crippen LogP contribution in [0.25, 0.3) is 0 Å². The van der Waals surface area contributed by atoms with Crippen LogP contribution in [0.2, 0.25) is 0 Å². The highest BCUT2D eigenvalue weighted by atomic mass is 15.1. The molecule has 0 bridgehead atoms. The van der Waals surface area contributed by atoms with Gasteiger partial charge in [0.1, 0.15) is 5.84 Å². The van der Waals surface area contributed by atoms with Gasteiger partial charge in [-0.1, -0.05) is 6.07 Å². The minimum atomic E-state index is 0.753. The lowest BCUT2D eigenvalue weighted by Gasteiger charge is -2.10. The molecule has 0 N–H and O–H groups in total. The van der Waals surface area contributed by atoms with E-state index in [1.165, 1.54) is 0 Å². The topological polar surface area (TPSA) is 28.5 Å². The molecule has 3 heteroatoms. The summed E-state index contributed by atoms with van der Waals surface area (Å²) in [6, 6.07) is 5.69. The van der Waals surface area contributed by atoms with Gasteiger partial charge in [-0.2, -0.15) is 0 Å². The Bertz CT molecular complexity index is 264. The summed E-state index contributed by atoms with van der Waals surface area (Å²) >= 11 is 0. The molecule has 1 rings (SSSR count). The van der Waals surface area contributed by atoms with Gasteiger partial charge in [-0.05, 0) is 19.1 Å². The van der Waals surface area contributed by atoms with Gasteiger partial charge >= 0.3 is 0 Å². The fraction of sp³-hybridized carbons (Fsp3) is 0.333. The van der Waals surface area contributed by atoms with E-state index in [4.69, 9.17) is 0 Å². The number of amidine groups is 1. The first kappa shape index (κ1) is 8.71. The molecule has 0 saturated carbocycles. The SMILES string of the molecule is CC(=Nc1ccccn1)N(C)C. The zero-order chi connectivity index (χ0) is 8.97. The average Bonchev–Trinajstić information content (AvgIpc) is 2.06. The van der Waals surface area contributed by atoms with Crippen LogP contribution in [-0.4, -0.2) is 29.8 Å². The Kier molecular flexibility index (Phi) is 2.80. The van der Waals surface area contributed by atoms with Crippen LogP contribution in [0.3, 0.4) is 0 Å². The molecular formula is C9H13N3. The fourth-order valence-electron chi connectivity index (χ4n) is 0.686. The van der Waals surface area contributed by atoms with Gasteiger partial charge < -0.3 is 4.90 Å². The Balaban J connectivity index is 2.81. The third kappa shape index (κ3) is 2.34. The van der Waals surface area contributed by atoms with Gasteiger partial charge in [-0.25, -0.2) is 9.98 Å². The summed E-state index contributed by atoms with van der Waals surface area (Å²) in [4.78, 5) is 10.3. The molecule has 3 nitrogen and oxygen atoms in total. The third-order valence-corrected chi connectivity index (χ3v) is 1.57. The first-order valence-electron chi connectivity index (χ1n) is 3.84. The molecule has 0 unspecified atom stereocenters. The summed E-state index contributed by atoms with van der Waals surface area (Å²) in [7, 11) is 3.92. The quantitative estimate of drug-likeness (QED) is 0.465. The zero-order valence-corrected chi connectivity index (χ0v) is 7.65. The van der Waals surface area contributed by atoms with E-state index in [2.05, 4.69) is 9.98 Å². The molecule has 64 valence electrons. The lowest BCUT2D eigenvalue weighted by Crippen LogP contribution is -2.17. The Morgan fingerprint density at radius 3 is 2.67 bits per heavy atom. The Labute approximate surface area is 72.8 Å². The van der Waals surface area contributed by atoms with Crippen LogP contribution >= 0.6 is 0 Å². The van der Waals surface area contributed by atoms with Crippen molar-refractivity contribution in [3.63, 3.8) is 0 Å². The summed E-state index contributed by atoms with van der Waals surface area (Å²) in [5.41, 5.74) is 0. The monoisotopic (exact) mass is 163 g/mol. The predicted molar refractivity (Wildman–Crippen MR) is 50.7 cm³/mol. The Hall–Kier alpha value is -1.38. The van der Waals surface area contributed by atoms with Crippen molar-refractivity contribution < 1.29 is 0 Å². The van der Waals surface area contributed by atoms with Crippen molar-refractivity contribution >= 4 is 11.7 Å². The minimum absolute atomic E-state index is 0.753. The van der Waals surface area contributed by atoms with Gasteiger partial charge in [0.05, 0.1) is 0 Å². The van der Waals surface area contributed by atoms with Crippen LogP contribution in [0.15, 0.2) is 29.4 Å². The highest BCUT2D eigenvalue weighted by Crippen LogP contribution is 2.05.